The van der Waals surface area contributed by atoms with Crippen molar-refractivity contribution in [3.05, 3.63) is 56.8 Å². The maximum Gasteiger partial charge on any atom is 0.345 e. The Morgan fingerprint density at radius 1 is 1.29 bits per heavy atom. The number of carbonyl (C=O) groups excluding carboxylic acids is 1. The minimum atomic E-state index is -0.897. The Labute approximate surface area is 126 Å². The summed E-state index contributed by atoms with van der Waals surface area (Å²) in [6.45, 7) is 3.06. The molecule has 5 heteroatoms. The second-order valence-corrected chi connectivity index (χ2v) is 6.29. The van der Waals surface area contributed by atoms with Gasteiger partial charge in [-0.15, -0.1) is 11.3 Å². The Morgan fingerprint density at radius 2 is 2.05 bits per heavy atom. The number of rotatable bonds is 2. The smallest absolute Gasteiger partial charge is 0.345 e. The number of fused-ring (bicyclic) bond motifs is 1. The summed E-state index contributed by atoms with van der Waals surface area (Å²) >= 11 is 1.32. The van der Waals surface area contributed by atoms with Crippen molar-refractivity contribution in [2.24, 2.45) is 0 Å². The first-order valence-corrected chi connectivity index (χ1v) is 7.57. The van der Waals surface area contributed by atoms with E-state index >= 15 is 0 Å². The summed E-state index contributed by atoms with van der Waals surface area (Å²) < 4.78 is 0. The van der Waals surface area contributed by atoms with E-state index in [2.05, 4.69) is 0 Å². The average molecular weight is 301 g/mol. The number of hydrogen-bond acceptors (Lipinski definition) is 3. The maximum absolute atomic E-state index is 12.6. The number of carbonyl (C=O) groups is 2. The quantitative estimate of drug-likeness (QED) is 0.928. The molecule has 0 fully saturated rings. The summed E-state index contributed by atoms with van der Waals surface area (Å²) in [5.41, 5.74) is 2.64. The predicted molar refractivity (Wildman–Crippen MR) is 80.9 cm³/mol. The van der Waals surface area contributed by atoms with Crippen LogP contribution in [-0.4, -0.2) is 28.4 Å². The molecule has 0 saturated carbocycles. The molecule has 1 N–H and O–H groups in total. The molecule has 108 valence electrons. The molecule has 0 unspecified atom stereocenters. The third-order valence-corrected chi connectivity index (χ3v) is 4.97. The van der Waals surface area contributed by atoms with Crippen molar-refractivity contribution in [2.45, 2.75) is 19.9 Å². The van der Waals surface area contributed by atoms with Gasteiger partial charge in [-0.05, 0) is 36.6 Å². The van der Waals surface area contributed by atoms with Crippen molar-refractivity contribution < 1.29 is 14.7 Å². The molecule has 4 nitrogen and oxygen atoms in total. The largest absolute Gasteiger partial charge is 0.477 e. The molecule has 0 aliphatic carbocycles. The number of carboxylic acids is 1. The van der Waals surface area contributed by atoms with E-state index in [0.717, 1.165) is 28.0 Å². The minimum Gasteiger partial charge on any atom is -0.477 e. The summed E-state index contributed by atoms with van der Waals surface area (Å²) in [6, 6.07) is 9.24. The third kappa shape index (κ3) is 2.56. The van der Waals surface area contributed by atoms with Crippen LogP contribution >= 0.6 is 11.3 Å². The summed E-state index contributed by atoms with van der Waals surface area (Å²) in [4.78, 5) is 26.8. The molecule has 1 aromatic heterocycles. The highest BCUT2D eigenvalue weighted by atomic mass is 32.1. The zero-order chi connectivity index (χ0) is 15.0. The predicted octanol–water partition coefficient (Wildman–Crippen LogP) is 2.95. The molecule has 0 bridgehead atoms. The monoisotopic (exact) mass is 301 g/mol. The third-order valence-electron chi connectivity index (χ3n) is 3.74. The maximum atomic E-state index is 12.6. The summed E-state index contributed by atoms with van der Waals surface area (Å²) in [5.74, 6) is -0.881. The molecule has 0 spiro atoms. The second kappa shape index (κ2) is 5.33. The van der Waals surface area contributed by atoms with Gasteiger partial charge in [0.15, 0.2) is 0 Å². The number of aryl methyl sites for hydroxylation is 1. The number of aromatic carboxylic acids is 1. The minimum absolute atomic E-state index is 0.0156. The van der Waals surface area contributed by atoms with Gasteiger partial charge in [-0.1, -0.05) is 18.2 Å². The average Bonchev–Trinajstić information content (AvgIpc) is 2.90. The van der Waals surface area contributed by atoms with Gasteiger partial charge >= 0.3 is 5.97 Å². The van der Waals surface area contributed by atoms with Crippen LogP contribution in [0.3, 0.4) is 0 Å². The molecule has 0 radical (unpaired) electrons. The van der Waals surface area contributed by atoms with Crippen molar-refractivity contribution in [3.63, 3.8) is 0 Å². The van der Waals surface area contributed by atoms with Gasteiger partial charge in [0.1, 0.15) is 4.88 Å². The number of carboxylic acid groups (broad SMARTS) is 1. The molecule has 1 aliphatic heterocycles. The van der Waals surface area contributed by atoms with E-state index in [9.17, 15) is 9.59 Å². The van der Waals surface area contributed by atoms with Crippen LogP contribution in [0, 0.1) is 6.92 Å². The topological polar surface area (TPSA) is 57.6 Å². The zero-order valence-corrected chi connectivity index (χ0v) is 12.4. The van der Waals surface area contributed by atoms with E-state index in [1.165, 1.54) is 11.3 Å². The molecular formula is C16H15NO3S. The van der Waals surface area contributed by atoms with Crippen molar-refractivity contribution in [2.75, 3.05) is 6.54 Å². The van der Waals surface area contributed by atoms with Gasteiger partial charge in [-0.25, -0.2) is 4.79 Å². The van der Waals surface area contributed by atoms with Crippen LogP contribution in [0.15, 0.2) is 30.3 Å². The zero-order valence-electron chi connectivity index (χ0n) is 11.6. The van der Waals surface area contributed by atoms with Crippen LogP contribution in [0.4, 0.5) is 0 Å². The fraction of sp³-hybridized carbons (Fsp3) is 0.250. The molecule has 3 rings (SSSR count). The normalized spacial score (nSPS) is 13.9. The molecule has 1 aromatic carbocycles. The standard InChI is InChI=1S/C16H15NO3S/c1-10-4-2-3-5-12(10)15(18)17-7-6-13-11(9-17)8-14(21-13)16(19)20/h2-5,8H,6-7,9H2,1H3,(H,19,20). The van der Waals surface area contributed by atoms with Gasteiger partial charge in [0.05, 0.1) is 0 Å². The first kappa shape index (κ1) is 13.8. The molecule has 0 atom stereocenters. The van der Waals surface area contributed by atoms with E-state index < -0.39 is 5.97 Å². The molecular weight excluding hydrogens is 286 g/mol. The first-order valence-electron chi connectivity index (χ1n) is 6.76. The van der Waals surface area contributed by atoms with Crippen LogP contribution in [0.25, 0.3) is 0 Å². The number of amides is 1. The lowest BCUT2D eigenvalue weighted by Gasteiger charge is -2.27. The number of hydrogen-bond donors (Lipinski definition) is 1. The van der Waals surface area contributed by atoms with Gasteiger partial charge in [0.25, 0.3) is 5.91 Å². The van der Waals surface area contributed by atoms with Gasteiger partial charge in [0, 0.05) is 23.5 Å². The Morgan fingerprint density at radius 3 is 2.76 bits per heavy atom. The van der Waals surface area contributed by atoms with Gasteiger partial charge in [-0.2, -0.15) is 0 Å². The van der Waals surface area contributed by atoms with Crippen LogP contribution < -0.4 is 0 Å². The van der Waals surface area contributed by atoms with Gasteiger partial charge in [0.2, 0.25) is 0 Å². The Hall–Kier alpha value is -2.14. The van der Waals surface area contributed by atoms with E-state index in [1.807, 2.05) is 31.2 Å². The lowest BCUT2D eigenvalue weighted by molar-refractivity contribution is 0.0701. The number of nitrogens with zero attached hydrogens (tertiary/aromatic N) is 1. The SMILES string of the molecule is Cc1ccccc1C(=O)N1CCc2sc(C(=O)O)cc2C1. The molecule has 0 saturated heterocycles. The fourth-order valence-electron chi connectivity index (χ4n) is 2.60. The molecule has 1 aliphatic rings. The van der Waals surface area contributed by atoms with Crippen LogP contribution in [0.1, 0.15) is 36.0 Å². The van der Waals surface area contributed by atoms with E-state index in [4.69, 9.17) is 5.11 Å². The van der Waals surface area contributed by atoms with Crippen molar-refractivity contribution in [1.82, 2.24) is 4.90 Å². The summed E-state index contributed by atoms with van der Waals surface area (Å²) in [6.07, 6.45) is 0.727. The Balaban J connectivity index is 1.84. The molecule has 1 amide bonds. The highest BCUT2D eigenvalue weighted by Crippen LogP contribution is 2.29. The highest BCUT2D eigenvalue weighted by molar-refractivity contribution is 7.14. The number of thiophene rings is 1. The summed E-state index contributed by atoms with van der Waals surface area (Å²) in [7, 11) is 0. The number of benzene rings is 1. The van der Waals surface area contributed by atoms with Gasteiger partial charge in [-0.3, -0.25) is 4.79 Å². The van der Waals surface area contributed by atoms with Gasteiger partial charge < -0.3 is 10.0 Å². The van der Waals surface area contributed by atoms with Crippen molar-refractivity contribution in [1.29, 1.82) is 0 Å². The van der Waals surface area contributed by atoms with Crippen LogP contribution in [0.5, 0.6) is 0 Å². The van der Waals surface area contributed by atoms with Crippen molar-refractivity contribution in [3.8, 4) is 0 Å². The second-order valence-electron chi connectivity index (χ2n) is 5.16. The molecule has 2 aromatic rings. The van der Waals surface area contributed by atoms with Crippen LogP contribution in [-0.2, 0) is 13.0 Å². The van der Waals surface area contributed by atoms with E-state index in [0.29, 0.717) is 18.0 Å². The lowest BCUT2D eigenvalue weighted by Crippen LogP contribution is -2.35. The van der Waals surface area contributed by atoms with Crippen molar-refractivity contribution >= 4 is 23.2 Å². The van der Waals surface area contributed by atoms with E-state index in [-0.39, 0.29) is 5.91 Å². The van der Waals surface area contributed by atoms with Crippen LogP contribution in [0.2, 0.25) is 0 Å². The molecule has 2 heterocycles. The first-order chi connectivity index (χ1) is 10.1. The fourth-order valence-corrected chi connectivity index (χ4v) is 3.60. The summed E-state index contributed by atoms with van der Waals surface area (Å²) in [5, 5.41) is 9.05. The molecule has 21 heavy (non-hydrogen) atoms. The Kier molecular flexibility index (Phi) is 3.51. The highest BCUT2D eigenvalue weighted by Gasteiger charge is 2.25. The lowest BCUT2D eigenvalue weighted by atomic mass is 10.0. The van der Waals surface area contributed by atoms with E-state index in [1.54, 1.807) is 11.0 Å². The Bertz CT molecular complexity index is 720.